The van der Waals surface area contributed by atoms with Crippen molar-refractivity contribution in [3.8, 4) is 11.8 Å². The number of carbonyl (C=O) groups excluding carboxylic acids is 1. The maximum atomic E-state index is 11.1. The first-order chi connectivity index (χ1) is 8.21. The molecule has 1 aromatic rings. The number of hydrogen-bond acceptors (Lipinski definition) is 3. The predicted molar refractivity (Wildman–Crippen MR) is 66.5 cm³/mol. The second-order valence-electron chi connectivity index (χ2n) is 3.48. The summed E-state index contributed by atoms with van der Waals surface area (Å²) in [7, 11) is 0. The molecule has 3 nitrogen and oxygen atoms in total. The van der Waals surface area contributed by atoms with Gasteiger partial charge >= 0.3 is 5.97 Å². The van der Waals surface area contributed by atoms with Crippen LogP contribution in [-0.2, 0) is 22.4 Å². The largest absolute Gasteiger partial charge is 0.456 e. The molecular weight excluding hydrogens is 214 g/mol. The highest BCUT2D eigenvalue weighted by molar-refractivity contribution is 5.88. The topological polar surface area (TPSA) is 39.2 Å². The SMILES string of the molecule is CCOC(=O)C#Cc1ccc(CC)c(CC)n1. The number of ether oxygens (including phenoxy) is 1. The molecule has 90 valence electrons. The summed E-state index contributed by atoms with van der Waals surface area (Å²) in [4.78, 5) is 15.5. The fourth-order valence-electron chi connectivity index (χ4n) is 1.51. The standard InChI is InChI=1S/C14H17NO2/c1-4-11-7-8-12(15-13(11)5-2)9-10-14(16)17-6-3/h7-8H,4-6H2,1-3H3. The first kappa shape index (κ1) is 13.2. The molecule has 17 heavy (non-hydrogen) atoms. The molecule has 0 saturated carbocycles. The summed E-state index contributed by atoms with van der Waals surface area (Å²) in [6.45, 7) is 6.25. The van der Waals surface area contributed by atoms with Crippen molar-refractivity contribution < 1.29 is 9.53 Å². The minimum atomic E-state index is -0.507. The predicted octanol–water partition coefficient (Wildman–Crippen LogP) is 2.12. The van der Waals surface area contributed by atoms with Crippen LogP contribution in [0, 0.1) is 11.8 Å². The van der Waals surface area contributed by atoms with E-state index in [0.29, 0.717) is 12.3 Å². The molecule has 0 aliphatic rings. The number of esters is 1. The van der Waals surface area contributed by atoms with Crippen molar-refractivity contribution in [3.63, 3.8) is 0 Å². The fourth-order valence-corrected chi connectivity index (χ4v) is 1.51. The average Bonchev–Trinajstić information content (AvgIpc) is 2.36. The van der Waals surface area contributed by atoms with Gasteiger partial charge in [0.2, 0.25) is 0 Å². The van der Waals surface area contributed by atoms with Gasteiger partial charge in [-0.15, -0.1) is 0 Å². The van der Waals surface area contributed by atoms with E-state index in [9.17, 15) is 4.79 Å². The Morgan fingerprint density at radius 1 is 1.29 bits per heavy atom. The van der Waals surface area contributed by atoms with Crippen molar-refractivity contribution in [3.05, 3.63) is 29.1 Å². The van der Waals surface area contributed by atoms with Crippen molar-refractivity contribution in [2.45, 2.75) is 33.6 Å². The van der Waals surface area contributed by atoms with E-state index < -0.39 is 5.97 Å². The van der Waals surface area contributed by atoms with Gasteiger partial charge in [0, 0.05) is 11.6 Å². The third-order valence-corrected chi connectivity index (χ3v) is 2.35. The third kappa shape index (κ3) is 3.92. The van der Waals surface area contributed by atoms with Gasteiger partial charge in [-0.1, -0.05) is 19.9 Å². The lowest BCUT2D eigenvalue weighted by Crippen LogP contribution is -2.01. The van der Waals surface area contributed by atoms with Gasteiger partial charge in [-0.25, -0.2) is 9.78 Å². The van der Waals surface area contributed by atoms with Gasteiger partial charge in [-0.2, -0.15) is 0 Å². The molecule has 0 unspecified atom stereocenters. The van der Waals surface area contributed by atoms with Gasteiger partial charge in [0.15, 0.2) is 0 Å². The third-order valence-electron chi connectivity index (χ3n) is 2.35. The van der Waals surface area contributed by atoms with Crippen molar-refractivity contribution in [2.24, 2.45) is 0 Å². The molecule has 0 bridgehead atoms. The normalized spacial score (nSPS) is 9.35. The minimum absolute atomic E-state index is 0.343. The van der Waals surface area contributed by atoms with E-state index in [1.165, 1.54) is 5.56 Å². The highest BCUT2D eigenvalue weighted by atomic mass is 16.5. The van der Waals surface area contributed by atoms with Gasteiger partial charge in [-0.3, -0.25) is 0 Å². The molecular formula is C14H17NO2. The summed E-state index contributed by atoms with van der Waals surface area (Å²) in [5.41, 5.74) is 2.89. The van der Waals surface area contributed by atoms with Crippen LogP contribution in [0.2, 0.25) is 0 Å². The summed E-state index contributed by atoms with van der Waals surface area (Å²) in [6.07, 6.45) is 1.83. The smallest absolute Gasteiger partial charge is 0.384 e. The Morgan fingerprint density at radius 3 is 2.65 bits per heavy atom. The summed E-state index contributed by atoms with van der Waals surface area (Å²) in [5.74, 6) is 4.63. The van der Waals surface area contributed by atoms with Crippen molar-refractivity contribution >= 4 is 5.97 Å². The molecule has 0 fully saturated rings. The molecule has 0 spiro atoms. The number of rotatable bonds is 3. The first-order valence-corrected chi connectivity index (χ1v) is 5.88. The van der Waals surface area contributed by atoms with Crippen LogP contribution < -0.4 is 0 Å². The average molecular weight is 231 g/mol. The van der Waals surface area contributed by atoms with Crippen LogP contribution in [0.3, 0.4) is 0 Å². The summed E-state index contributed by atoms with van der Waals surface area (Å²) >= 11 is 0. The minimum Gasteiger partial charge on any atom is -0.456 e. The molecule has 0 radical (unpaired) electrons. The molecule has 3 heteroatoms. The molecule has 0 amide bonds. The van der Waals surface area contributed by atoms with E-state index in [-0.39, 0.29) is 0 Å². The zero-order chi connectivity index (χ0) is 12.7. The second kappa shape index (κ2) is 6.70. The zero-order valence-electron chi connectivity index (χ0n) is 10.5. The Bertz CT molecular complexity index is 455. The molecule has 0 saturated heterocycles. The Hall–Kier alpha value is -1.82. The Labute approximate surface area is 102 Å². The van der Waals surface area contributed by atoms with Gasteiger partial charge < -0.3 is 4.74 Å². The summed E-state index contributed by atoms with van der Waals surface area (Å²) in [6, 6.07) is 3.85. The second-order valence-corrected chi connectivity index (χ2v) is 3.48. The van der Waals surface area contributed by atoms with E-state index in [4.69, 9.17) is 4.74 Å². The van der Waals surface area contributed by atoms with Crippen molar-refractivity contribution in [1.29, 1.82) is 0 Å². The van der Waals surface area contributed by atoms with E-state index in [1.54, 1.807) is 6.92 Å². The lowest BCUT2D eigenvalue weighted by atomic mass is 10.1. The number of aromatic nitrogens is 1. The van der Waals surface area contributed by atoms with E-state index >= 15 is 0 Å². The quantitative estimate of drug-likeness (QED) is 0.591. The Morgan fingerprint density at radius 2 is 2.06 bits per heavy atom. The van der Waals surface area contributed by atoms with E-state index in [1.807, 2.05) is 12.1 Å². The van der Waals surface area contributed by atoms with Crippen molar-refractivity contribution in [1.82, 2.24) is 4.98 Å². The number of hydrogen-bond donors (Lipinski definition) is 0. The number of nitrogens with zero attached hydrogens (tertiary/aromatic N) is 1. The Kier molecular flexibility index (Phi) is 5.22. The number of aryl methyl sites for hydroxylation is 2. The van der Waals surface area contributed by atoms with Crippen LogP contribution in [0.4, 0.5) is 0 Å². The van der Waals surface area contributed by atoms with Gasteiger partial charge in [-0.05, 0) is 37.3 Å². The maximum absolute atomic E-state index is 11.1. The molecule has 0 atom stereocenters. The number of carbonyl (C=O) groups is 1. The van der Waals surface area contributed by atoms with Crippen LogP contribution in [0.1, 0.15) is 37.7 Å². The van der Waals surface area contributed by atoms with Crippen LogP contribution in [0.25, 0.3) is 0 Å². The van der Waals surface area contributed by atoms with Crippen LogP contribution in [-0.4, -0.2) is 17.6 Å². The first-order valence-electron chi connectivity index (χ1n) is 5.88. The van der Waals surface area contributed by atoms with Crippen LogP contribution in [0.5, 0.6) is 0 Å². The van der Waals surface area contributed by atoms with Crippen molar-refractivity contribution in [2.75, 3.05) is 6.61 Å². The number of pyridine rings is 1. The summed E-state index contributed by atoms with van der Waals surface area (Å²) in [5, 5.41) is 0. The molecule has 1 heterocycles. The molecule has 1 rings (SSSR count). The van der Waals surface area contributed by atoms with Crippen LogP contribution in [0.15, 0.2) is 12.1 Å². The molecule has 0 aliphatic heterocycles. The molecule has 1 aromatic heterocycles. The fraction of sp³-hybridized carbons (Fsp3) is 0.429. The van der Waals surface area contributed by atoms with Crippen LogP contribution >= 0.6 is 0 Å². The monoisotopic (exact) mass is 231 g/mol. The maximum Gasteiger partial charge on any atom is 0.384 e. The van der Waals surface area contributed by atoms with E-state index in [2.05, 4.69) is 30.7 Å². The Balaban J connectivity index is 2.89. The van der Waals surface area contributed by atoms with Gasteiger partial charge in [0.25, 0.3) is 0 Å². The van der Waals surface area contributed by atoms with Gasteiger partial charge in [0.1, 0.15) is 5.69 Å². The highest BCUT2D eigenvalue weighted by Crippen LogP contribution is 2.08. The van der Waals surface area contributed by atoms with Gasteiger partial charge in [0.05, 0.1) is 6.61 Å². The highest BCUT2D eigenvalue weighted by Gasteiger charge is 2.01. The summed E-state index contributed by atoms with van der Waals surface area (Å²) < 4.78 is 4.72. The van der Waals surface area contributed by atoms with E-state index in [0.717, 1.165) is 18.5 Å². The lowest BCUT2D eigenvalue weighted by molar-refractivity contribution is -0.136. The molecule has 0 aliphatic carbocycles. The molecule has 0 aromatic carbocycles. The molecule has 0 N–H and O–H groups in total. The lowest BCUT2D eigenvalue weighted by Gasteiger charge is -2.04. The zero-order valence-corrected chi connectivity index (χ0v) is 10.5.